The first-order valence-electron chi connectivity index (χ1n) is 11.4. The van der Waals surface area contributed by atoms with Crippen LogP contribution in [0.3, 0.4) is 0 Å². The molecule has 1 aliphatic carbocycles. The Hall–Kier alpha value is -2.52. The molecule has 1 saturated heterocycles. The van der Waals surface area contributed by atoms with Crippen molar-refractivity contribution in [1.82, 2.24) is 4.90 Å². The normalized spacial score (nSPS) is 15.0. The molecular weight excluding hydrogens is 447 g/mol. The number of nitrogen functional groups attached to an aromatic ring is 1. The summed E-state index contributed by atoms with van der Waals surface area (Å²) >= 11 is 0. The summed E-state index contributed by atoms with van der Waals surface area (Å²) in [6, 6.07) is 26.0. The molecule has 0 aromatic heterocycles. The van der Waals surface area contributed by atoms with Crippen LogP contribution in [-0.4, -0.2) is 24.5 Å². The van der Waals surface area contributed by atoms with E-state index in [2.05, 4.69) is 83.8 Å². The molecule has 3 aromatic rings. The van der Waals surface area contributed by atoms with Gasteiger partial charge in [-0.25, -0.2) is 0 Å². The van der Waals surface area contributed by atoms with Crippen LogP contribution in [-0.2, 0) is 6.42 Å². The zero-order valence-corrected chi connectivity index (χ0v) is 20.5. The van der Waals surface area contributed by atoms with Crippen LogP contribution in [0.15, 0.2) is 78.4 Å². The summed E-state index contributed by atoms with van der Waals surface area (Å²) < 4.78 is 0. The molecule has 2 nitrogen and oxygen atoms in total. The number of hydrogen-bond donors (Lipinski definition) is 1. The predicted molar refractivity (Wildman–Crippen MR) is 147 cm³/mol. The van der Waals surface area contributed by atoms with Gasteiger partial charge in [0.2, 0.25) is 0 Å². The van der Waals surface area contributed by atoms with E-state index in [-0.39, 0.29) is 24.8 Å². The molecule has 0 bridgehead atoms. The van der Waals surface area contributed by atoms with Gasteiger partial charge < -0.3 is 10.6 Å². The van der Waals surface area contributed by atoms with Crippen LogP contribution in [0.5, 0.6) is 0 Å². The Balaban J connectivity index is 0.00000153. The molecule has 3 aromatic carbocycles. The highest BCUT2D eigenvalue weighted by Gasteiger charge is 2.22. The van der Waals surface area contributed by atoms with Crippen molar-refractivity contribution in [3.05, 3.63) is 106 Å². The van der Waals surface area contributed by atoms with Crippen LogP contribution in [0.1, 0.15) is 47.1 Å². The van der Waals surface area contributed by atoms with Gasteiger partial charge >= 0.3 is 0 Å². The Morgan fingerprint density at radius 3 is 1.94 bits per heavy atom. The molecule has 0 spiro atoms. The monoisotopic (exact) mass is 478 g/mol. The van der Waals surface area contributed by atoms with Crippen LogP contribution in [0, 0.1) is 0 Å². The Bertz CT molecular complexity index is 1090. The largest absolute Gasteiger partial charge is 0.399 e. The first-order valence-corrected chi connectivity index (χ1v) is 11.4. The number of piperidine rings is 1. The van der Waals surface area contributed by atoms with Gasteiger partial charge in [-0.05, 0) is 77.8 Å². The lowest BCUT2D eigenvalue weighted by atomic mass is 9.86. The molecule has 5 rings (SSSR count). The first kappa shape index (κ1) is 25.1. The third-order valence-electron chi connectivity index (χ3n) is 6.61. The van der Waals surface area contributed by atoms with Gasteiger partial charge in [0, 0.05) is 18.8 Å². The van der Waals surface area contributed by atoms with Gasteiger partial charge in [-0.2, -0.15) is 0 Å². The lowest BCUT2D eigenvalue weighted by molar-refractivity contribution is 0.254. The van der Waals surface area contributed by atoms with Gasteiger partial charge in [-0.1, -0.05) is 78.4 Å². The van der Waals surface area contributed by atoms with Crippen LogP contribution in [0.25, 0.3) is 17.7 Å². The topological polar surface area (TPSA) is 29.3 Å². The van der Waals surface area contributed by atoms with Crippen molar-refractivity contribution < 1.29 is 0 Å². The molecule has 172 valence electrons. The maximum atomic E-state index is 5.92. The zero-order valence-electron chi connectivity index (χ0n) is 18.9. The highest BCUT2D eigenvalue weighted by atomic mass is 35.5. The lowest BCUT2D eigenvalue weighted by Gasteiger charge is -2.30. The second kappa shape index (κ2) is 11.6. The molecule has 0 radical (unpaired) electrons. The highest BCUT2D eigenvalue weighted by Crippen LogP contribution is 2.38. The first-order chi connectivity index (χ1) is 15.3. The second-order valence-corrected chi connectivity index (χ2v) is 8.68. The number of nitrogens with zero attached hydrogens (tertiary/aromatic N) is 1. The molecule has 0 saturated carbocycles. The molecular formula is C29H32Cl2N2. The standard InChI is InChI=1S/C29H30N2.2ClH/c30-26-11-5-7-22(21-26)8-6-18-31-19-16-25(17-20-31)29-27-12-3-1-9-23(27)14-15-24-10-2-4-13-28(24)29;;/h1-5,7,9-15,21H,6,8,16-20,30H2;2*1H. The molecule has 0 unspecified atom stereocenters. The predicted octanol–water partition coefficient (Wildman–Crippen LogP) is 7.13. The third-order valence-corrected chi connectivity index (χ3v) is 6.61. The summed E-state index contributed by atoms with van der Waals surface area (Å²) in [5.41, 5.74) is 16.6. The van der Waals surface area contributed by atoms with Crippen LogP contribution < -0.4 is 5.73 Å². The molecule has 0 atom stereocenters. The molecule has 2 aliphatic rings. The number of benzene rings is 3. The maximum absolute atomic E-state index is 5.92. The zero-order chi connectivity index (χ0) is 21.0. The van der Waals surface area contributed by atoms with E-state index in [0.29, 0.717) is 0 Å². The van der Waals surface area contributed by atoms with E-state index in [0.717, 1.165) is 44.6 Å². The number of hydrogen-bond acceptors (Lipinski definition) is 2. The summed E-state index contributed by atoms with van der Waals surface area (Å²) in [7, 11) is 0. The summed E-state index contributed by atoms with van der Waals surface area (Å²) in [6.07, 6.45) is 9.12. The van der Waals surface area contributed by atoms with Gasteiger partial charge in [-0.15, -0.1) is 24.8 Å². The van der Waals surface area contributed by atoms with Crippen molar-refractivity contribution in [2.24, 2.45) is 0 Å². The Morgan fingerprint density at radius 1 is 0.727 bits per heavy atom. The average molecular weight is 479 g/mol. The van der Waals surface area contributed by atoms with Gasteiger partial charge in [-0.3, -0.25) is 0 Å². The Labute approximate surface area is 210 Å². The summed E-state index contributed by atoms with van der Waals surface area (Å²) in [4.78, 5) is 2.63. The van der Waals surface area contributed by atoms with E-state index in [9.17, 15) is 0 Å². The van der Waals surface area contributed by atoms with Crippen LogP contribution >= 0.6 is 24.8 Å². The van der Waals surface area contributed by atoms with Gasteiger partial charge in [0.05, 0.1) is 0 Å². The van der Waals surface area contributed by atoms with Crippen LogP contribution in [0.2, 0.25) is 0 Å². The fourth-order valence-corrected chi connectivity index (χ4v) is 5.00. The maximum Gasteiger partial charge on any atom is 0.0316 e. The van der Waals surface area contributed by atoms with Gasteiger partial charge in [0.25, 0.3) is 0 Å². The molecule has 1 aliphatic heterocycles. The Kier molecular flexibility index (Phi) is 8.80. The van der Waals surface area contributed by atoms with Crippen molar-refractivity contribution in [1.29, 1.82) is 0 Å². The third kappa shape index (κ3) is 5.70. The minimum absolute atomic E-state index is 0. The molecule has 2 N–H and O–H groups in total. The Morgan fingerprint density at radius 2 is 1.33 bits per heavy atom. The summed E-state index contributed by atoms with van der Waals surface area (Å²) in [6.45, 7) is 3.45. The van der Waals surface area contributed by atoms with Gasteiger partial charge in [0.1, 0.15) is 0 Å². The number of fused-ring (bicyclic) bond motifs is 2. The SMILES string of the molecule is Cl.Cl.Nc1cccc(CCCN2CCC(=C3c4ccccc4C=Cc4ccccc43)CC2)c1. The summed E-state index contributed by atoms with van der Waals surface area (Å²) in [5, 5.41) is 0. The minimum atomic E-state index is 0. The van der Waals surface area contributed by atoms with E-state index in [1.165, 1.54) is 39.8 Å². The van der Waals surface area contributed by atoms with Crippen molar-refractivity contribution in [3.8, 4) is 0 Å². The molecule has 4 heteroatoms. The van der Waals surface area contributed by atoms with Crippen molar-refractivity contribution in [2.75, 3.05) is 25.4 Å². The number of aryl methyl sites for hydroxylation is 1. The number of likely N-dealkylation sites (tertiary alicyclic amines) is 1. The minimum Gasteiger partial charge on any atom is -0.399 e. The van der Waals surface area contributed by atoms with Crippen molar-refractivity contribution in [2.45, 2.75) is 25.7 Å². The van der Waals surface area contributed by atoms with E-state index in [1.807, 2.05) is 6.07 Å². The molecule has 0 amide bonds. The van der Waals surface area contributed by atoms with E-state index < -0.39 is 0 Å². The van der Waals surface area contributed by atoms with Crippen molar-refractivity contribution in [3.63, 3.8) is 0 Å². The van der Waals surface area contributed by atoms with Gasteiger partial charge in [0.15, 0.2) is 0 Å². The number of nitrogens with two attached hydrogens (primary N) is 1. The van der Waals surface area contributed by atoms with E-state index >= 15 is 0 Å². The second-order valence-electron chi connectivity index (χ2n) is 8.68. The van der Waals surface area contributed by atoms with E-state index in [4.69, 9.17) is 5.73 Å². The molecule has 1 fully saturated rings. The molecule has 1 heterocycles. The molecule has 33 heavy (non-hydrogen) atoms. The number of anilines is 1. The highest BCUT2D eigenvalue weighted by molar-refractivity contribution is 5.94. The summed E-state index contributed by atoms with van der Waals surface area (Å²) in [5.74, 6) is 0. The fourth-order valence-electron chi connectivity index (χ4n) is 5.00. The van der Waals surface area contributed by atoms with E-state index in [1.54, 1.807) is 5.57 Å². The number of halogens is 2. The number of rotatable bonds is 4. The fraction of sp³-hybridized carbons (Fsp3) is 0.241. The quantitative estimate of drug-likeness (QED) is 0.316. The average Bonchev–Trinajstić information content (AvgIpc) is 2.97. The lowest BCUT2D eigenvalue weighted by Crippen LogP contribution is -2.32. The van der Waals surface area contributed by atoms with Crippen LogP contribution in [0.4, 0.5) is 5.69 Å². The van der Waals surface area contributed by atoms with Crippen molar-refractivity contribution >= 4 is 48.2 Å². The smallest absolute Gasteiger partial charge is 0.0316 e.